The maximum Gasteiger partial charge on any atom is 0.0606 e. The molecule has 2 aromatic rings. The smallest absolute Gasteiger partial charge is 0.0606 e. The van der Waals surface area contributed by atoms with Gasteiger partial charge in [0.1, 0.15) is 0 Å². The van der Waals surface area contributed by atoms with Gasteiger partial charge in [0.15, 0.2) is 0 Å². The normalized spacial score (nSPS) is 10.8. The lowest BCUT2D eigenvalue weighted by Crippen LogP contribution is -2.20. The Balaban J connectivity index is 2.05. The van der Waals surface area contributed by atoms with Crippen molar-refractivity contribution in [3.05, 3.63) is 65.7 Å². The Morgan fingerprint density at radius 1 is 0.895 bits per heavy atom. The Morgan fingerprint density at radius 3 is 2.05 bits per heavy atom. The van der Waals surface area contributed by atoms with Crippen LogP contribution in [-0.4, -0.2) is 25.3 Å². The molecule has 0 amide bonds. The zero-order valence-corrected chi connectivity index (χ0v) is 11.2. The Labute approximate surface area is 114 Å². The lowest BCUT2D eigenvalue weighted by molar-refractivity contribution is 0.304. The van der Waals surface area contributed by atoms with E-state index in [9.17, 15) is 0 Å². The molecule has 0 fully saturated rings. The lowest BCUT2D eigenvalue weighted by Gasteiger charge is -2.17. The van der Waals surface area contributed by atoms with Gasteiger partial charge in [0.05, 0.1) is 6.61 Å². The van der Waals surface area contributed by atoms with Gasteiger partial charge in [0.25, 0.3) is 0 Å². The summed E-state index contributed by atoms with van der Waals surface area (Å²) in [6.07, 6.45) is 4.21. The van der Waals surface area contributed by atoms with Crippen molar-refractivity contribution in [1.29, 1.82) is 0 Å². The van der Waals surface area contributed by atoms with Crippen molar-refractivity contribution in [2.45, 2.75) is 0 Å². The highest BCUT2D eigenvalue weighted by Gasteiger charge is 1.98. The molecule has 19 heavy (non-hydrogen) atoms. The summed E-state index contributed by atoms with van der Waals surface area (Å²) in [6.45, 7) is 0.825. The molecule has 2 rings (SSSR count). The summed E-state index contributed by atoms with van der Waals surface area (Å²) >= 11 is 0. The number of hydrogen-bond acceptors (Lipinski definition) is 2. The van der Waals surface area contributed by atoms with Gasteiger partial charge in [-0.15, -0.1) is 0 Å². The van der Waals surface area contributed by atoms with Crippen LogP contribution in [0.1, 0.15) is 11.1 Å². The maximum absolute atomic E-state index is 8.91. The summed E-state index contributed by atoms with van der Waals surface area (Å²) in [7, 11) is 1.98. The molecule has 98 valence electrons. The van der Waals surface area contributed by atoms with Crippen molar-refractivity contribution in [2.24, 2.45) is 0 Å². The van der Waals surface area contributed by atoms with E-state index < -0.39 is 0 Å². The highest BCUT2D eigenvalue weighted by atomic mass is 16.3. The molecule has 2 nitrogen and oxygen atoms in total. The zero-order valence-electron chi connectivity index (χ0n) is 11.2. The molecule has 0 aliphatic heterocycles. The molecule has 0 saturated heterocycles. The van der Waals surface area contributed by atoms with Gasteiger partial charge in [-0.25, -0.2) is 0 Å². The van der Waals surface area contributed by atoms with Gasteiger partial charge < -0.3 is 10.0 Å². The molecule has 0 aliphatic carbocycles. The van der Waals surface area contributed by atoms with Crippen LogP contribution in [0.2, 0.25) is 0 Å². The monoisotopic (exact) mass is 253 g/mol. The SMILES string of the molecule is CN(CCO)c1ccc(/C=C/c2ccccc2)cc1. The Hall–Kier alpha value is -2.06. The van der Waals surface area contributed by atoms with E-state index in [2.05, 4.69) is 48.6 Å². The molecule has 0 bridgehead atoms. The van der Waals surface area contributed by atoms with Crippen molar-refractivity contribution >= 4 is 17.8 Å². The Bertz CT molecular complexity index is 517. The fraction of sp³-hybridized carbons (Fsp3) is 0.176. The maximum atomic E-state index is 8.91. The highest BCUT2D eigenvalue weighted by molar-refractivity contribution is 5.70. The molecule has 2 heteroatoms. The molecule has 0 heterocycles. The quantitative estimate of drug-likeness (QED) is 0.827. The third-order valence-electron chi connectivity index (χ3n) is 3.04. The highest BCUT2D eigenvalue weighted by Crippen LogP contribution is 2.15. The van der Waals surface area contributed by atoms with Gasteiger partial charge >= 0.3 is 0 Å². The molecule has 2 aromatic carbocycles. The van der Waals surface area contributed by atoms with Gasteiger partial charge in [0.2, 0.25) is 0 Å². The summed E-state index contributed by atoms with van der Waals surface area (Å²) in [5, 5.41) is 8.91. The first-order chi connectivity index (χ1) is 9.29. The minimum atomic E-state index is 0.173. The molecular weight excluding hydrogens is 234 g/mol. The predicted molar refractivity (Wildman–Crippen MR) is 82.2 cm³/mol. The van der Waals surface area contributed by atoms with Crippen molar-refractivity contribution < 1.29 is 5.11 Å². The summed E-state index contributed by atoms with van der Waals surface area (Å²) in [6, 6.07) is 18.6. The van der Waals surface area contributed by atoms with Gasteiger partial charge in [0, 0.05) is 19.3 Å². The van der Waals surface area contributed by atoms with E-state index in [1.165, 1.54) is 11.1 Å². The second kappa shape index (κ2) is 6.76. The van der Waals surface area contributed by atoms with E-state index in [0.29, 0.717) is 6.54 Å². The third-order valence-corrected chi connectivity index (χ3v) is 3.04. The molecule has 0 radical (unpaired) electrons. The van der Waals surface area contributed by atoms with E-state index in [1.807, 2.05) is 30.1 Å². The number of nitrogens with zero attached hydrogens (tertiary/aromatic N) is 1. The molecule has 0 unspecified atom stereocenters. The number of aliphatic hydroxyl groups is 1. The van der Waals surface area contributed by atoms with E-state index in [1.54, 1.807) is 0 Å². The summed E-state index contributed by atoms with van der Waals surface area (Å²) in [4.78, 5) is 2.03. The van der Waals surface area contributed by atoms with Crippen molar-refractivity contribution in [1.82, 2.24) is 0 Å². The van der Waals surface area contributed by atoms with Crippen LogP contribution >= 0.6 is 0 Å². The van der Waals surface area contributed by atoms with Gasteiger partial charge in [-0.3, -0.25) is 0 Å². The van der Waals surface area contributed by atoms with Crippen LogP contribution in [0.3, 0.4) is 0 Å². The number of anilines is 1. The van der Waals surface area contributed by atoms with Crippen LogP contribution in [0.25, 0.3) is 12.2 Å². The fourth-order valence-electron chi connectivity index (χ4n) is 1.88. The standard InChI is InChI=1S/C17H19NO/c1-18(13-14-19)17-11-9-16(10-12-17)8-7-15-5-3-2-4-6-15/h2-12,19H,13-14H2,1H3/b8-7+. The number of hydrogen-bond donors (Lipinski definition) is 1. The average molecular weight is 253 g/mol. The number of likely N-dealkylation sites (N-methyl/N-ethyl adjacent to an activating group) is 1. The molecule has 0 aromatic heterocycles. The summed E-state index contributed by atoms with van der Waals surface area (Å²) in [5.41, 5.74) is 3.49. The fourth-order valence-corrected chi connectivity index (χ4v) is 1.88. The van der Waals surface area contributed by atoms with Gasteiger partial charge in [-0.2, -0.15) is 0 Å². The summed E-state index contributed by atoms with van der Waals surface area (Å²) in [5.74, 6) is 0. The van der Waals surface area contributed by atoms with E-state index in [4.69, 9.17) is 5.11 Å². The van der Waals surface area contributed by atoms with E-state index in [0.717, 1.165) is 5.69 Å². The van der Waals surface area contributed by atoms with Crippen LogP contribution in [0, 0.1) is 0 Å². The van der Waals surface area contributed by atoms with Crippen LogP contribution in [0.15, 0.2) is 54.6 Å². The number of rotatable bonds is 5. The minimum absolute atomic E-state index is 0.173. The molecular formula is C17H19NO. The second-order valence-electron chi connectivity index (χ2n) is 4.48. The van der Waals surface area contributed by atoms with Crippen LogP contribution < -0.4 is 4.90 Å². The first-order valence-electron chi connectivity index (χ1n) is 6.45. The van der Waals surface area contributed by atoms with Gasteiger partial charge in [-0.1, -0.05) is 54.6 Å². The van der Waals surface area contributed by atoms with Crippen molar-refractivity contribution in [3.8, 4) is 0 Å². The molecule has 0 aliphatic rings. The molecule has 0 atom stereocenters. The minimum Gasteiger partial charge on any atom is -0.395 e. The molecule has 0 saturated carbocycles. The van der Waals surface area contributed by atoms with Crippen LogP contribution in [0.5, 0.6) is 0 Å². The van der Waals surface area contributed by atoms with Gasteiger partial charge in [-0.05, 0) is 23.3 Å². The predicted octanol–water partition coefficient (Wildman–Crippen LogP) is 3.29. The first kappa shape index (κ1) is 13.4. The number of aliphatic hydroxyl groups excluding tert-OH is 1. The van der Waals surface area contributed by atoms with Crippen LogP contribution in [-0.2, 0) is 0 Å². The zero-order chi connectivity index (χ0) is 13.5. The molecule has 0 spiro atoms. The molecule has 1 N–H and O–H groups in total. The average Bonchev–Trinajstić information content (AvgIpc) is 2.47. The summed E-state index contributed by atoms with van der Waals surface area (Å²) < 4.78 is 0. The number of benzene rings is 2. The van der Waals surface area contributed by atoms with Crippen molar-refractivity contribution in [2.75, 3.05) is 25.1 Å². The Morgan fingerprint density at radius 2 is 1.47 bits per heavy atom. The topological polar surface area (TPSA) is 23.5 Å². The lowest BCUT2D eigenvalue weighted by atomic mass is 10.1. The van der Waals surface area contributed by atoms with E-state index >= 15 is 0 Å². The third kappa shape index (κ3) is 3.97. The first-order valence-corrected chi connectivity index (χ1v) is 6.45. The van der Waals surface area contributed by atoms with E-state index in [-0.39, 0.29) is 6.61 Å². The largest absolute Gasteiger partial charge is 0.395 e. The second-order valence-corrected chi connectivity index (χ2v) is 4.48. The Kier molecular flexibility index (Phi) is 4.76. The van der Waals surface area contributed by atoms with Crippen molar-refractivity contribution in [3.63, 3.8) is 0 Å². The van der Waals surface area contributed by atoms with Crippen LogP contribution in [0.4, 0.5) is 5.69 Å².